The predicted molar refractivity (Wildman–Crippen MR) is 135 cm³/mol. The Morgan fingerprint density at radius 3 is 2.40 bits per heavy atom. The Morgan fingerprint density at radius 2 is 1.69 bits per heavy atom. The van der Waals surface area contributed by atoms with E-state index in [1.807, 2.05) is 61.5 Å². The second kappa shape index (κ2) is 7.80. The Hall–Kier alpha value is -3.42. The summed E-state index contributed by atoms with van der Waals surface area (Å²) in [6.45, 7) is 2.65. The molecule has 0 saturated carbocycles. The van der Waals surface area contributed by atoms with E-state index >= 15 is 0 Å². The molecule has 1 aromatic heterocycles. The van der Waals surface area contributed by atoms with Crippen LogP contribution < -0.4 is 4.74 Å². The average Bonchev–Trinajstić information content (AvgIpc) is 3.28. The van der Waals surface area contributed by atoms with Gasteiger partial charge in [0, 0.05) is 40.7 Å². The SMILES string of the molecule is COc1ccc2c(c1)C1(CCN(S(=O)(=O)c3ccc(C)cc3)CC1)c1[nH]c3ccccc3c1C2=O. The number of nitrogens with one attached hydrogen (secondary N) is 1. The lowest BCUT2D eigenvalue weighted by atomic mass is 9.64. The highest BCUT2D eigenvalue weighted by Crippen LogP contribution is 2.50. The first-order valence-electron chi connectivity index (χ1n) is 11.8. The number of aromatic nitrogens is 1. The largest absolute Gasteiger partial charge is 0.497 e. The van der Waals surface area contributed by atoms with E-state index in [9.17, 15) is 13.2 Å². The van der Waals surface area contributed by atoms with Crippen LogP contribution in [0.1, 0.15) is 45.6 Å². The number of hydrogen-bond acceptors (Lipinski definition) is 4. The van der Waals surface area contributed by atoms with Crippen LogP contribution in [0.25, 0.3) is 10.9 Å². The molecule has 1 N–H and O–H groups in total. The minimum Gasteiger partial charge on any atom is -0.497 e. The number of aromatic amines is 1. The highest BCUT2D eigenvalue weighted by atomic mass is 32.2. The molecule has 0 atom stereocenters. The Bertz CT molecular complexity index is 1580. The van der Waals surface area contributed by atoms with E-state index in [0.717, 1.165) is 27.7 Å². The maximum atomic E-state index is 13.7. The first-order valence-corrected chi connectivity index (χ1v) is 13.2. The molecular weight excluding hydrogens is 460 g/mol. The molecule has 1 aliphatic carbocycles. The number of rotatable bonds is 3. The van der Waals surface area contributed by atoms with Gasteiger partial charge in [0.15, 0.2) is 5.78 Å². The fourth-order valence-corrected chi connectivity index (χ4v) is 7.18. The Morgan fingerprint density at radius 1 is 0.971 bits per heavy atom. The van der Waals surface area contributed by atoms with Gasteiger partial charge < -0.3 is 9.72 Å². The lowest BCUT2D eigenvalue weighted by Gasteiger charge is -2.44. The van der Waals surface area contributed by atoms with E-state index < -0.39 is 15.4 Å². The number of sulfonamides is 1. The van der Waals surface area contributed by atoms with Gasteiger partial charge in [-0.3, -0.25) is 4.79 Å². The minimum absolute atomic E-state index is 0.00423. The summed E-state index contributed by atoms with van der Waals surface area (Å²) in [5.74, 6) is 0.681. The summed E-state index contributed by atoms with van der Waals surface area (Å²) in [5.41, 5.74) is 4.59. The quantitative estimate of drug-likeness (QED) is 0.451. The van der Waals surface area contributed by atoms with Gasteiger partial charge in [-0.1, -0.05) is 35.9 Å². The lowest BCUT2D eigenvalue weighted by molar-refractivity contribution is 0.102. The molecule has 3 aromatic carbocycles. The molecule has 1 saturated heterocycles. The van der Waals surface area contributed by atoms with E-state index in [2.05, 4.69) is 4.98 Å². The topological polar surface area (TPSA) is 79.5 Å². The first-order chi connectivity index (χ1) is 16.8. The standard InChI is InChI=1S/C28H26N2O4S/c1-18-7-10-20(11-8-18)35(32,33)30-15-13-28(14-16-30)23-17-19(34-2)9-12-21(23)26(31)25-22-5-3-4-6-24(22)29-27(25)28/h3-12,17,29H,13-16H2,1-2H3. The predicted octanol–water partition coefficient (Wildman–Crippen LogP) is 4.80. The van der Waals surface area contributed by atoms with Crippen molar-refractivity contribution in [1.29, 1.82) is 0 Å². The van der Waals surface area contributed by atoms with Crippen molar-refractivity contribution in [1.82, 2.24) is 9.29 Å². The van der Waals surface area contributed by atoms with Crippen molar-refractivity contribution in [2.75, 3.05) is 20.2 Å². The number of para-hydroxylation sites is 1. The summed E-state index contributed by atoms with van der Waals surface area (Å²) in [5, 5.41) is 0.906. The molecule has 6 nitrogen and oxygen atoms in total. The fraction of sp³-hybridized carbons (Fsp3) is 0.250. The molecule has 1 spiro atoms. The molecule has 35 heavy (non-hydrogen) atoms. The van der Waals surface area contributed by atoms with Gasteiger partial charge in [0.2, 0.25) is 10.0 Å². The van der Waals surface area contributed by atoms with Gasteiger partial charge in [-0.15, -0.1) is 0 Å². The number of carbonyl (C=O) groups excluding carboxylic acids is 1. The van der Waals surface area contributed by atoms with Crippen LogP contribution in [0.2, 0.25) is 0 Å². The van der Waals surface area contributed by atoms with Gasteiger partial charge in [0.1, 0.15) is 5.75 Å². The number of piperidine rings is 1. The highest BCUT2D eigenvalue weighted by molar-refractivity contribution is 7.89. The van der Waals surface area contributed by atoms with Crippen molar-refractivity contribution in [3.05, 3.63) is 94.7 Å². The number of ketones is 1. The van der Waals surface area contributed by atoms with Crippen molar-refractivity contribution >= 4 is 26.7 Å². The zero-order valence-electron chi connectivity index (χ0n) is 19.7. The van der Waals surface area contributed by atoms with Crippen LogP contribution in [-0.2, 0) is 15.4 Å². The van der Waals surface area contributed by atoms with E-state index in [0.29, 0.717) is 47.7 Å². The number of methoxy groups -OCH3 is 1. The zero-order chi connectivity index (χ0) is 24.4. The van der Waals surface area contributed by atoms with Gasteiger partial charge in [0.05, 0.1) is 17.6 Å². The molecule has 0 amide bonds. The molecule has 0 bridgehead atoms. The molecule has 0 radical (unpaired) electrons. The molecule has 1 fully saturated rings. The van der Waals surface area contributed by atoms with Crippen LogP contribution in [0.3, 0.4) is 0 Å². The number of H-pyrrole nitrogens is 1. The lowest BCUT2D eigenvalue weighted by Crippen LogP contribution is -2.48. The normalized spacial score (nSPS) is 17.4. The third-order valence-electron chi connectivity index (χ3n) is 7.63. The number of benzene rings is 3. The zero-order valence-corrected chi connectivity index (χ0v) is 20.5. The summed E-state index contributed by atoms with van der Waals surface area (Å²) in [6, 6.07) is 20.5. The molecule has 0 unspecified atom stereocenters. The second-order valence-corrected chi connectivity index (χ2v) is 11.4. The summed E-state index contributed by atoms with van der Waals surface area (Å²) in [7, 11) is -1.99. The molecule has 1 aliphatic heterocycles. The van der Waals surface area contributed by atoms with E-state index in [-0.39, 0.29) is 5.78 Å². The second-order valence-electron chi connectivity index (χ2n) is 9.46. The smallest absolute Gasteiger partial charge is 0.243 e. The Kier molecular flexibility index (Phi) is 4.92. The third kappa shape index (κ3) is 3.18. The Labute approximate surface area is 204 Å². The minimum atomic E-state index is -3.61. The summed E-state index contributed by atoms with van der Waals surface area (Å²) in [6.07, 6.45) is 1.12. The van der Waals surface area contributed by atoms with Crippen molar-refractivity contribution in [3.8, 4) is 5.75 Å². The van der Waals surface area contributed by atoms with E-state index in [4.69, 9.17) is 4.74 Å². The Balaban J connectivity index is 1.47. The van der Waals surface area contributed by atoms with E-state index in [1.54, 1.807) is 23.5 Å². The maximum absolute atomic E-state index is 13.7. The van der Waals surface area contributed by atoms with Gasteiger partial charge in [0.25, 0.3) is 0 Å². The molecule has 178 valence electrons. The molecule has 2 aliphatic rings. The van der Waals surface area contributed by atoms with Gasteiger partial charge >= 0.3 is 0 Å². The molecule has 7 heteroatoms. The average molecular weight is 487 g/mol. The number of fused-ring (bicyclic) bond motifs is 6. The van der Waals surface area contributed by atoms with Crippen LogP contribution >= 0.6 is 0 Å². The molecule has 6 rings (SSSR count). The van der Waals surface area contributed by atoms with Crippen LogP contribution in [0, 0.1) is 6.92 Å². The fourth-order valence-electron chi connectivity index (χ4n) is 5.74. The maximum Gasteiger partial charge on any atom is 0.243 e. The van der Waals surface area contributed by atoms with Crippen molar-refractivity contribution in [2.24, 2.45) is 0 Å². The van der Waals surface area contributed by atoms with Gasteiger partial charge in [-0.05, 0) is 61.7 Å². The summed E-state index contributed by atoms with van der Waals surface area (Å²) < 4.78 is 33.9. The van der Waals surface area contributed by atoms with Crippen LogP contribution in [0.4, 0.5) is 0 Å². The number of nitrogens with zero attached hydrogens (tertiary/aromatic N) is 1. The van der Waals surface area contributed by atoms with Crippen LogP contribution in [0.5, 0.6) is 5.75 Å². The number of ether oxygens (including phenoxy) is 1. The monoisotopic (exact) mass is 486 g/mol. The van der Waals surface area contributed by atoms with Crippen LogP contribution in [-0.4, -0.2) is 43.7 Å². The van der Waals surface area contributed by atoms with Gasteiger partial charge in [-0.25, -0.2) is 8.42 Å². The number of aryl methyl sites for hydroxylation is 1. The summed E-state index contributed by atoms with van der Waals surface area (Å²) in [4.78, 5) is 17.5. The summed E-state index contributed by atoms with van der Waals surface area (Å²) >= 11 is 0. The third-order valence-corrected chi connectivity index (χ3v) is 9.55. The van der Waals surface area contributed by atoms with Crippen molar-refractivity contribution < 1.29 is 17.9 Å². The van der Waals surface area contributed by atoms with Gasteiger partial charge in [-0.2, -0.15) is 4.31 Å². The highest BCUT2D eigenvalue weighted by Gasteiger charge is 2.49. The first kappa shape index (κ1) is 22.1. The number of carbonyl (C=O) groups is 1. The van der Waals surface area contributed by atoms with Crippen LogP contribution in [0.15, 0.2) is 71.6 Å². The van der Waals surface area contributed by atoms with Crippen molar-refractivity contribution in [3.63, 3.8) is 0 Å². The van der Waals surface area contributed by atoms with E-state index in [1.165, 1.54) is 0 Å². The van der Waals surface area contributed by atoms with Crippen molar-refractivity contribution in [2.45, 2.75) is 30.1 Å². The number of hydrogen-bond donors (Lipinski definition) is 1. The molecule has 2 heterocycles. The molecular formula is C28H26N2O4S. The molecule has 4 aromatic rings.